The second-order valence-electron chi connectivity index (χ2n) is 3.86. The lowest BCUT2D eigenvalue weighted by Crippen LogP contribution is -1.98. The van der Waals surface area contributed by atoms with Crippen LogP contribution in [-0.2, 0) is 0 Å². The van der Waals surface area contributed by atoms with Crippen LogP contribution in [0.5, 0.6) is 0 Å². The largest absolute Gasteiger partial charge is 0.338 e. The molecule has 0 saturated carbocycles. The van der Waals surface area contributed by atoms with Crippen molar-refractivity contribution in [3.05, 3.63) is 51.4 Å². The van der Waals surface area contributed by atoms with E-state index in [-0.39, 0.29) is 10.0 Å². The molecule has 0 unspecified atom stereocenters. The van der Waals surface area contributed by atoms with Gasteiger partial charge in [-0.05, 0) is 31.2 Å². The number of halogens is 3. The lowest BCUT2D eigenvalue weighted by Gasteiger charge is -2.10. The van der Waals surface area contributed by atoms with Crippen LogP contribution in [0.4, 0.5) is 15.9 Å². The smallest absolute Gasteiger partial charge is 0.131 e. The van der Waals surface area contributed by atoms with E-state index >= 15 is 0 Å². The first-order valence-electron chi connectivity index (χ1n) is 5.30. The molecule has 2 rings (SSSR count). The summed E-state index contributed by atoms with van der Waals surface area (Å²) >= 11 is 11.8. The van der Waals surface area contributed by atoms with Crippen molar-refractivity contribution in [1.29, 1.82) is 5.26 Å². The van der Waals surface area contributed by atoms with Crippen LogP contribution in [0.3, 0.4) is 0 Å². The number of benzene rings is 1. The van der Waals surface area contributed by atoms with Gasteiger partial charge in [-0.1, -0.05) is 23.2 Å². The molecule has 1 aromatic heterocycles. The Labute approximate surface area is 119 Å². The molecule has 1 N–H and O–H groups in total. The highest BCUT2D eigenvalue weighted by atomic mass is 35.5. The number of hydrogen-bond acceptors (Lipinski definition) is 3. The van der Waals surface area contributed by atoms with Crippen molar-refractivity contribution in [1.82, 2.24) is 4.98 Å². The van der Waals surface area contributed by atoms with E-state index in [1.807, 2.05) is 6.07 Å². The second-order valence-corrected chi connectivity index (χ2v) is 4.68. The van der Waals surface area contributed by atoms with E-state index in [9.17, 15) is 4.39 Å². The van der Waals surface area contributed by atoms with Gasteiger partial charge in [0.1, 0.15) is 11.6 Å². The maximum atomic E-state index is 13.1. The first kappa shape index (κ1) is 13.6. The molecule has 0 fully saturated rings. The number of hydrogen-bond donors (Lipinski definition) is 1. The fraction of sp³-hybridized carbons (Fsp3) is 0.0769. The number of nitrogens with one attached hydrogen (secondary N) is 1. The van der Waals surface area contributed by atoms with Crippen molar-refractivity contribution in [2.45, 2.75) is 6.92 Å². The maximum absolute atomic E-state index is 13.1. The minimum atomic E-state index is -0.518. The Bertz CT molecular complexity index is 657. The van der Waals surface area contributed by atoms with E-state index in [2.05, 4.69) is 10.3 Å². The van der Waals surface area contributed by atoms with E-state index in [1.54, 1.807) is 19.1 Å². The molecule has 0 bridgehead atoms. The van der Waals surface area contributed by atoms with Crippen molar-refractivity contribution in [3.8, 4) is 6.07 Å². The fourth-order valence-electron chi connectivity index (χ4n) is 1.59. The number of nitriles is 1. The Morgan fingerprint density at radius 1 is 1.21 bits per heavy atom. The minimum absolute atomic E-state index is 0.145. The zero-order valence-corrected chi connectivity index (χ0v) is 11.3. The van der Waals surface area contributed by atoms with E-state index in [1.165, 1.54) is 0 Å². The first-order valence-corrected chi connectivity index (χ1v) is 6.05. The molecule has 0 aliphatic rings. The van der Waals surface area contributed by atoms with Gasteiger partial charge in [0.25, 0.3) is 0 Å². The minimum Gasteiger partial charge on any atom is -0.338 e. The van der Waals surface area contributed by atoms with Crippen molar-refractivity contribution in [2.24, 2.45) is 0 Å². The van der Waals surface area contributed by atoms with Gasteiger partial charge in [0.15, 0.2) is 0 Å². The quantitative estimate of drug-likeness (QED) is 0.890. The average Bonchev–Trinajstić information content (AvgIpc) is 2.33. The van der Waals surface area contributed by atoms with Gasteiger partial charge < -0.3 is 5.32 Å². The molecule has 0 aliphatic carbocycles. The molecule has 0 radical (unpaired) electrons. The number of aryl methyl sites for hydroxylation is 1. The van der Waals surface area contributed by atoms with E-state index in [4.69, 9.17) is 28.5 Å². The topological polar surface area (TPSA) is 48.7 Å². The molecule has 3 nitrogen and oxygen atoms in total. The Hall–Kier alpha value is -1.83. The lowest BCUT2D eigenvalue weighted by atomic mass is 10.2. The zero-order valence-electron chi connectivity index (χ0n) is 9.84. The van der Waals surface area contributed by atoms with Crippen molar-refractivity contribution >= 4 is 34.7 Å². The summed E-state index contributed by atoms with van der Waals surface area (Å²) in [6.45, 7) is 1.76. The molecule has 6 heteroatoms. The predicted octanol–water partition coefficient (Wildman–Crippen LogP) is 4.45. The summed E-state index contributed by atoms with van der Waals surface area (Å²) < 4.78 is 13.1. The van der Waals surface area contributed by atoms with Crippen LogP contribution in [0.15, 0.2) is 24.3 Å². The van der Waals surface area contributed by atoms with Crippen LogP contribution in [0.25, 0.3) is 0 Å². The van der Waals surface area contributed by atoms with Gasteiger partial charge in [0.05, 0.1) is 27.4 Å². The summed E-state index contributed by atoms with van der Waals surface area (Å²) in [5.41, 5.74) is 1.49. The summed E-state index contributed by atoms with van der Waals surface area (Å²) in [4.78, 5) is 4.21. The Morgan fingerprint density at radius 2 is 1.84 bits per heavy atom. The highest BCUT2D eigenvalue weighted by Gasteiger charge is 2.10. The Balaban J connectivity index is 2.42. The van der Waals surface area contributed by atoms with Gasteiger partial charge in [-0.2, -0.15) is 5.26 Å². The molecule has 0 atom stereocenters. The van der Waals surface area contributed by atoms with E-state index in [0.29, 0.717) is 22.8 Å². The van der Waals surface area contributed by atoms with E-state index < -0.39 is 5.82 Å². The summed E-state index contributed by atoms with van der Waals surface area (Å²) in [7, 11) is 0. The molecule has 0 aliphatic heterocycles. The number of aromatic nitrogens is 1. The standard InChI is InChI=1S/C13H8Cl2FN3/c1-7-2-8(6-17)3-12(18-7)19-13-10(14)4-9(16)5-11(13)15/h2-5H,1H3,(H,18,19). The molecule has 1 heterocycles. The van der Waals surface area contributed by atoms with Crippen molar-refractivity contribution in [3.63, 3.8) is 0 Å². The number of pyridine rings is 1. The van der Waals surface area contributed by atoms with Crippen LogP contribution >= 0.6 is 23.2 Å². The summed E-state index contributed by atoms with van der Waals surface area (Å²) in [5.74, 6) is -0.0950. The van der Waals surface area contributed by atoms with Gasteiger partial charge in [-0.3, -0.25) is 0 Å². The van der Waals surface area contributed by atoms with Crippen LogP contribution in [0, 0.1) is 24.1 Å². The molecule has 96 valence electrons. The third-order valence-corrected chi connectivity index (χ3v) is 2.94. The normalized spacial score (nSPS) is 10.1. The van der Waals surface area contributed by atoms with Crippen LogP contribution in [0.1, 0.15) is 11.3 Å². The van der Waals surface area contributed by atoms with Gasteiger partial charge in [0, 0.05) is 5.69 Å². The van der Waals surface area contributed by atoms with Gasteiger partial charge in [-0.25, -0.2) is 9.37 Å². The highest BCUT2D eigenvalue weighted by molar-refractivity contribution is 6.39. The Kier molecular flexibility index (Phi) is 3.89. The summed E-state index contributed by atoms with van der Waals surface area (Å²) in [6, 6.07) is 7.54. The molecular formula is C13H8Cl2FN3. The Morgan fingerprint density at radius 3 is 2.42 bits per heavy atom. The number of nitrogens with zero attached hydrogens (tertiary/aromatic N) is 2. The third kappa shape index (κ3) is 3.14. The second kappa shape index (κ2) is 5.43. The molecule has 19 heavy (non-hydrogen) atoms. The van der Waals surface area contributed by atoms with Crippen molar-refractivity contribution < 1.29 is 4.39 Å². The van der Waals surface area contributed by atoms with Gasteiger partial charge in [-0.15, -0.1) is 0 Å². The third-order valence-electron chi connectivity index (χ3n) is 2.34. The van der Waals surface area contributed by atoms with Crippen LogP contribution in [-0.4, -0.2) is 4.98 Å². The molecule has 0 spiro atoms. The van der Waals surface area contributed by atoms with E-state index in [0.717, 1.165) is 12.1 Å². The molecular weight excluding hydrogens is 288 g/mol. The van der Waals surface area contributed by atoms with Crippen LogP contribution < -0.4 is 5.32 Å². The fourth-order valence-corrected chi connectivity index (χ4v) is 2.14. The molecule has 2 aromatic rings. The number of rotatable bonds is 2. The predicted molar refractivity (Wildman–Crippen MR) is 73.4 cm³/mol. The van der Waals surface area contributed by atoms with Gasteiger partial charge in [0.2, 0.25) is 0 Å². The summed E-state index contributed by atoms with van der Waals surface area (Å²) in [5, 5.41) is 12.1. The summed E-state index contributed by atoms with van der Waals surface area (Å²) in [6.07, 6.45) is 0. The zero-order chi connectivity index (χ0) is 14.0. The molecule has 0 saturated heterocycles. The number of anilines is 2. The highest BCUT2D eigenvalue weighted by Crippen LogP contribution is 2.33. The monoisotopic (exact) mass is 295 g/mol. The lowest BCUT2D eigenvalue weighted by molar-refractivity contribution is 0.628. The first-order chi connectivity index (χ1) is 8.99. The molecule has 0 amide bonds. The maximum Gasteiger partial charge on any atom is 0.131 e. The molecule has 1 aromatic carbocycles. The van der Waals surface area contributed by atoms with Crippen molar-refractivity contribution in [2.75, 3.05) is 5.32 Å². The average molecular weight is 296 g/mol. The van der Waals surface area contributed by atoms with Crippen LogP contribution in [0.2, 0.25) is 10.0 Å². The SMILES string of the molecule is Cc1cc(C#N)cc(Nc2c(Cl)cc(F)cc2Cl)n1. The van der Waals surface area contributed by atoms with Gasteiger partial charge >= 0.3 is 0 Å².